The SMILES string of the molecule is O=C(c1ccc(Cl)s1)N1CC[C@@H](n2cnnc2-c2ccccc2)C1. The number of benzene rings is 1. The van der Waals surface area contributed by atoms with Crippen LogP contribution in [0, 0.1) is 0 Å². The van der Waals surface area contributed by atoms with Crippen molar-refractivity contribution in [2.45, 2.75) is 12.5 Å². The Labute approximate surface area is 148 Å². The Bertz CT molecular complexity index is 860. The average Bonchev–Trinajstić information content (AvgIpc) is 3.34. The summed E-state index contributed by atoms with van der Waals surface area (Å²) >= 11 is 7.26. The molecule has 3 heterocycles. The first-order chi connectivity index (χ1) is 11.7. The van der Waals surface area contributed by atoms with Gasteiger partial charge in [0, 0.05) is 18.7 Å². The number of hydrogen-bond donors (Lipinski definition) is 0. The van der Waals surface area contributed by atoms with Gasteiger partial charge >= 0.3 is 0 Å². The highest BCUT2D eigenvalue weighted by atomic mass is 35.5. The van der Waals surface area contributed by atoms with E-state index in [1.54, 1.807) is 18.5 Å². The molecule has 3 aromatic rings. The lowest BCUT2D eigenvalue weighted by Crippen LogP contribution is -2.28. The Balaban J connectivity index is 1.54. The first kappa shape index (κ1) is 15.4. The van der Waals surface area contributed by atoms with Gasteiger partial charge in [-0.1, -0.05) is 41.9 Å². The summed E-state index contributed by atoms with van der Waals surface area (Å²) in [6, 6.07) is 13.7. The molecule has 5 nitrogen and oxygen atoms in total. The van der Waals surface area contributed by atoms with Crippen LogP contribution < -0.4 is 0 Å². The van der Waals surface area contributed by atoms with Gasteiger partial charge in [-0.05, 0) is 18.6 Å². The lowest BCUT2D eigenvalue weighted by Gasteiger charge is -2.17. The lowest BCUT2D eigenvalue weighted by molar-refractivity contribution is 0.0792. The summed E-state index contributed by atoms with van der Waals surface area (Å²) in [4.78, 5) is 15.1. The summed E-state index contributed by atoms with van der Waals surface area (Å²) in [5, 5.41) is 8.33. The van der Waals surface area contributed by atoms with E-state index in [-0.39, 0.29) is 11.9 Å². The Hall–Kier alpha value is -2.18. The van der Waals surface area contributed by atoms with Gasteiger partial charge in [0.05, 0.1) is 15.3 Å². The number of carbonyl (C=O) groups is 1. The van der Waals surface area contributed by atoms with Crippen LogP contribution in [-0.2, 0) is 0 Å². The van der Waals surface area contributed by atoms with Crippen molar-refractivity contribution in [2.75, 3.05) is 13.1 Å². The molecule has 122 valence electrons. The molecule has 7 heteroatoms. The van der Waals surface area contributed by atoms with E-state index < -0.39 is 0 Å². The topological polar surface area (TPSA) is 51.0 Å². The molecule has 1 fully saturated rings. The minimum absolute atomic E-state index is 0.0451. The fourth-order valence-corrected chi connectivity index (χ4v) is 4.05. The van der Waals surface area contributed by atoms with E-state index >= 15 is 0 Å². The molecule has 4 rings (SSSR count). The Morgan fingerprint density at radius 3 is 2.79 bits per heavy atom. The third-order valence-electron chi connectivity index (χ3n) is 4.23. The zero-order chi connectivity index (χ0) is 16.5. The first-order valence-corrected chi connectivity index (χ1v) is 8.91. The normalized spacial score (nSPS) is 17.4. The van der Waals surface area contributed by atoms with Crippen LogP contribution >= 0.6 is 22.9 Å². The molecule has 0 unspecified atom stereocenters. The lowest BCUT2D eigenvalue weighted by atomic mass is 10.2. The Kier molecular flexibility index (Phi) is 4.08. The number of aromatic nitrogens is 3. The van der Waals surface area contributed by atoms with Crippen molar-refractivity contribution in [3.05, 3.63) is 58.0 Å². The maximum absolute atomic E-state index is 12.6. The molecule has 1 aromatic carbocycles. The molecule has 1 saturated heterocycles. The predicted octanol–water partition coefficient (Wildman–Crippen LogP) is 3.75. The van der Waals surface area contributed by atoms with Gasteiger partial charge in [-0.2, -0.15) is 0 Å². The van der Waals surface area contributed by atoms with E-state index in [9.17, 15) is 4.79 Å². The molecule has 1 aliphatic rings. The van der Waals surface area contributed by atoms with E-state index in [1.165, 1.54) is 11.3 Å². The number of nitrogens with zero attached hydrogens (tertiary/aromatic N) is 4. The summed E-state index contributed by atoms with van der Waals surface area (Å²) in [6.07, 6.45) is 2.64. The van der Waals surface area contributed by atoms with Gasteiger partial charge in [0.15, 0.2) is 5.82 Å². The third-order valence-corrected chi connectivity index (χ3v) is 5.45. The zero-order valence-corrected chi connectivity index (χ0v) is 14.4. The van der Waals surface area contributed by atoms with Crippen molar-refractivity contribution in [1.82, 2.24) is 19.7 Å². The highest BCUT2D eigenvalue weighted by Gasteiger charge is 2.30. The summed E-state index contributed by atoms with van der Waals surface area (Å²) in [5.41, 5.74) is 1.03. The van der Waals surface area contributed by atoms with Crippen LogP contribution in [0.15, 0.2) is 48.8 Å². The van der Waals surface area contributed by atoms with Gasteiger partial charge in [-0.25, -0.2) is 0 Å². The Morgan fingerprint density at radius 1 is 1.21 bits per heavy atom. The third kappa shape index (κ3) is 2.83. The number of rotatable bonds is 3. The average molecular weight is 359 g/mol. The summed E-state index contributed by atoms with van der Waals surface area (Å²) < 4.78 is 2.71. The molecule has 0 aliphatic carbocycles. The molecule has 1 amide bonds. The summed E-state index contributed by atoms with van der Waals surface area (Å²) in [7, 11) is 0. The van der Waals surface area contributed by atoms with Crippen LogP contribution in [0.4, 0.5) is 0 Å². The maximum atomic E-state index is 12.6. The number of carbonyl (C=O) groups excluding carboxylic acids is 1. The van der Waals surface area contributed by atoms with Crippen LogP contribution in [-0.4, -0.2) is 38.7 Å². The van der Waals surface area contributed by atoms with Crippen molar-refractivity contribution in [1.29, 1.82) is 0 Å². The van der Waals surface area contributed by atoms with Crippen molar-refractivity contribution < 1.29 is 4.79 Å². The number of halogens is 1. The summed E-state index contributed by atoms with van der Waals surface area (Å²) in [6.45, 7) is 1.39. The van der Waals surface area contributed by atoms with E-state index in [4.69, 9.17) is 11.6 Å². The van der Waals surface area contributed by atoms with Gasteiger partial charge in [0.25, 0.3) is 5.91 Å². The number of hydrogen-bond acceptors (Lipinski definition) is 4. The summed E-state index contributed by atoms with van der Waals surface area (Å²) in [5.74, 6) is 0.887. The van der Waals surface area contributed by atoms with E-state index in [1.807, 2.05) is 35.2 Å². The molecule has 2 aromatic heterocycles. The molecule has 0 bridgehead atoms. The maximum Gasteiger partial charge on any atom is 0.264 e. The van der Waals surface area contributed by atoms with Crippen molar-refractivity contribution >= 4 is 28.8 Å². The minimum Gasteiger partial charge on any atom is -0.336 e. The quantitative estimate of drug-likeness (QED) is 0.716. The van der Waals surface area contributed by atoms with E-state index in [0.717, 1.165) is 24.4 Å². The van der Waals surface area contributed by atoms with Gasteiger partial charge in [-0.3, -0.25) is 4.79 Å². The van der Waals surface area contributed by atoms with Gasteiger partial charge in [0.1, 0.15) is 6.33 Å². The van der Waals surface area contributed by atoms with Gasteiger partial charge < -0.3 is 9.47 Å². The molecule has 24 heavy (non-hydrogen) atoms. The molecule has 0 saturated carbocycles. The first-order valence-electron chi connectivity index (χ1n) is 7.72. The molecule has 0 radical (unpaired) electrons. The number of thiophene rings is 1. The van der Waals surface area contributed by atoms with Crippen LogP contribution in [0.25, 0.3) is 11.4 Å². The van der Waals surface area contributed by atoms with Crippen LogP contribution in [0.3, 0.4) is 0 Å². The molecule has 1 atom stereocenters. The van der Waals surface area contributed by atoms with E-state index in [2.05, 4.69) is 14.8 Å². The van der Waals surface area contributed by atoms with Crippen LogP contribution in [0.5, 0.6) is 0 Å². The highest BCUT2D eigenvalue weighted by Crippen LogP contribution is 2.29. The second kappa shape index (κ2) is 6.37. The van der Waals surface area contributed by atoms with Crippen LogP contribution in [0.1, 0.15) is 22.1 Å². The number of amides is 1. The zero-order valence-electron chi connectivity index (χ0n) is 12.8. The molecular weight excluding hydrogens is 344 g/mol. The molecule has 0 N–H and O–H groups in total. The standard InChI is InChI=1S/C17H15ClN4OS/c18-15-7-6-14(24-15)17(23)21-9-8-13(10-21)22-11-19-20-16(22)12-4-2-1-3-5-12/h1-7,11,13H,8-10H2/t13-/m1/s1. The fourth-order valence-electron chi connectivity index (χ4n) is 3.04. The Morgan fingerprint density at radius 2 is 2.04 bits per heavy atom. The molecule has 1 aliphatic heterocycles. The number of likely N-dealkylation sites (tertiary alicyclic amines) is 1. The second-order valence-corrected chi connectivity index (χ2v) is 7.44. The van der Waals surface area contributed by atoms with Crippen molar-refractivity contribution in [3.8, 4) is 11.4 Å². The fraction of sp³-hybridized carbons (Fsp3) is 0.235. The molecular formula is C17H15ClN4OS. The van der Waals surface area contributed by atoms with Crippen LogP contribution in [0.2, 0.25) is 4.34 Å². The smallest absolute Gasteiger partial charge is 0.264 e. The second-order valence-electron chi connectivity index (χ2n) is 5.73. The van der Waals surface area contributed by atoms with E-state index in [0.29, 0.717) is 15.8 Å². The molecule has 0 spiro atoms. The van der Waals surface area contributed by atoms with Gasteiger partial charge in [0.2, 0.25) is 0 Å². The predicted molar refractivity (Wildman–Crippen MR) is 94.3 cm³/mol. The minimum atomic E-state index is 0.0451. The van der Waals surface area contributed by atoms with Gasteiger partial charge in [-0.15, -0.1) is 21.5 Å². The highest BCUT2D eigenvalue weighted by molar-refractivity contribution is 7.17. The monoisotopic (exact) mass is 358 g/mol. The van der Waals surface area contributed by atoms with Crippen molar-refractivity contribution in [3.63, 3.8) is 0 Å². The largest absolute Gasteiger partial charge is 0.336 e. The van der Waals surface area contributed by atoms with Crippen molar-refractivity contribution in [2.24, 2.45) is 0 Å².